The summed E-state index contributed by atoms with van der Waals surface area (Å²) in [6.07, 6.45) is -0.164. The molecule has 36 heavy (non-hydrogen) atoms. The SMILES string of the molecule is COC1C[C@H](C)Cc2cc(O)cc(c2)NC(=O)/C(C)=C(O)\C=C(/O)[C@H](OC)[C@@H](O)/C(C)=C/[C@H](C)[C@H]1O. The number of aromatic hydroxyl groups is 1. The monoisotopic (exact) mass is 505 g/mol. The van der Waals surface area contributed by atoms with Gasteiger partial charge in [-0.15, -0.1) is 0 Å². The van der Waals surface area contributed by atoms with Crippen molar-refractivity contribution in [2.45, 2.75) is 65.0 Å². The predicted molar refractivity (Wildman–Crippen MR) is 137 cm³/mol. The molecule has 1 unspecified atom stereocenters. The fraction of sp³-hybridized carbons (Fsp3) is 0.519. The summed E-state index contributed by atoms with van der Waals surface area (Å²) in [6.45, 7) is 6.82. The van der Waals surface area contributed by atoms with Gasteiger partial charge in [0.05, 0.1) is 17.8 Å². The molecule has 1 amide bonds. The predicted octanol–water partition coefficient (Wildman–Crippen LogP) is 3.52. The lowest BCUT2D eigenvalue weighted by atomic mass is 9.88. The molecule has 1 aliphatic rings. The first-order valence-corrected chi connectivity index (χ1v) is 11.9. The Morgan fingerprint density at radius 3 is 2.28 bits per heavy atom. The van der Waals surface area contributed by atoms with Crippen LogP contribution < -0.4 is 5.32 Å². The number of phenols is 1. The van der Waals surface area contributed by atoms with E-state index in [-0.39, 0.29) is 17.2 Å². The second-order valence-electron chi connectivity index (χ2n) is 9.60. The highest BCUT2D eigenvalue weighted by molar-refractivity contribution is 6.04. The van der Waals surface area contributed by atoms with E-state index in [0.29, 0.717) is 24.1 Å². The van der Waals surface area contributed by atoms with Crippen molar-refractivity contribution in [1.29, 1.82) is 0 Å². The van der Waals surface area contributed by atoms with E-state index in [1.165, 1.54) is 27.2 Å². The van der Waals surface area contributed by atoms with Crippen molar-refractivity contribution in [3.8, 4) is 5.75 Å². The highest BCUT2D eigenvalue weighted by Gasteiger charge is 2.29. The standard InChI is InChI=1S/C27H39NO8/c1-14-7-18-10-19(12-20(29)11-18)28-27(34)17(4)21(30)13-22(31)26(36-6)25(33)16(3)9-15(2)24(32)23(8-14)35-5/h9-15,23-26,29-33H,7-8H2,1-6H3,(H,28,34)/b16-9+,21-17+,22-13-/t14-,15+,23?,24-,25+,26+/m1/s1. The van der Waals surface area contributed by atoms with Crippen LogP contribution in [0.5, 0.6) is 5.75 Å². The van der Waals surface area contributed by atoms with Crippen LogP contribution in [0.15, 0.2) is 53.0 Å². The van der Waals surface area contributed by atoms with Gasteiger partial charge >= 0.3 is 0 Å². The van der Waals surface area contributed by atoms with E-state index in [2.05, 4.69) is 5.32 Å². The quantitative estimate of drug-likeness (QED) is 0.335. The first kappa shape index (κ1) is 29.4. The average molecular weight is 506 g/mol. The Kier molecular flexibility index (Phi) is 10.5. The van der Waals surface area contributed by atoms with E-state index in [0.717, 1.165) is 11.6 Å². The molecule has 0 aliphatic carbocycles. The van der Waals surface area contributed by atoms with Crippen LogP contribution in [0.1, 0.15) is 39.7 Å². The van der Waals surface area contributed by atoms with Gasteiger partial charge in [0.2, 0.25) is 0 Å². The first-order chi connectivity index (χ1) is 16.9. The van der Waals surface area contributed by atoms with Crippen molar-refractivity contribution < 1.29 is 39.8 Å². The number of carbonyl (C=O) groups is 1. The molecule has 9 nitrogen and oxygen atoms in total. The second-order valence-corrected chi connectivity index (χ2v) is 9.60. The number of hydrogen-bond donors (Lipinski definition) is 6. The Morgan fingerprint density at radius 2 is 1.67 bits per heavy atom. The number of methoxy groups -OCH3 is 2. The summed E-state index contributed by atoms with van der Waals surface area (Å²) < 4.78 is 10.8. The molecule has 200 valence electrons. The van der Waals surface area contributed by atoms with Gasteiger partial charge in [-0.25, -0.2) is 0 Å². The number of fused-ring (bicyclic) bond motifs is 2. The zero-order chi connectivity index (χ0) is 27.2. The molecule has 1 aromatic rings. The number of ether oxygens (including phenoxy) is 2. The second kappa shape index (κ2) is 12.9. The molecule has 2 bridgehead atoms. The lowest BCUT2D eigenvalue weighted by Gasteiger charge is -2.29. The average Bonchev–Trinajstić information content (AvgIpc) is 2.80. The molecule has 0 spiro atoms. The summed E-state index contributed by atoms with van der Waals surface area (Å²) in [5, 5.41) is 55.6. The molecule has 2 rings (SSSR count). The molecule has 6 atom stereocenters. The van der Waals surface area contributed by atoms with Crippen molar-refractivity contribution in [2.75, 3.05) is 19.5 Å². The summed E-state index contributed by atoms with van der Waals surface area (Å²) in [7, 11) is 2.82. The minimum atomic E-state index is -1.28. The summed E-state index contributed by atoms with van der Waals surface area (Å²) in [4.78, 5) is 12.7. The van der Waals surface area contributed by atoms with Crippen LogP contribution in [0.4, 0.5) is 5.69 Å². The molecule has 9 heteroatoms. The molecule has 6 N–H and O–H groups in total. The van der Waals surface area contributed by atoms with Crippen molar-refractivity contribution in [3.05, 3.63) is 58.6 Å². The Hall–Kier alpha value is -2.85. The molecule has 1 heterocycles. The maximum absolute atomic E-state index is 12.7. The number of amides is 1. The fourth-order valence-corrected chi connectivity index (χ4v) is 4.39. The van der Waals surface area contributed by atoms with Crippen LogP contribution in [0.3, 0.4) is 0 Å². The number of aliphatic hydroxyl groups excluding tert-OH is 4. The molecular formula is C27H39NO8. The summed E-state index contributed by atoms with van der Waals surface area (Å²) >= 11 is 0. The van der Waals surface area contributed by atoms with Crippen LogP contribution in [0, 0.1) is 11.8 Å². The van der Waals surface area contributed by atoms with E-state index in [1.807, 2.05) is 6.92 Å². The highest BCUT2D eigenvalue weighted by atomic mass is 16.5. The third-order valence-electron chi connectivity index (χ3n) is 6.51. The third kappa shape index (κ3) is 7.57. The number of aliphatic hydroxyl groups is 4. The molecule has 0 fully saturated rings. The Bertz CT molecular complexity index is 1020. The van der Waals surface area contributed by atoms with Crippen molar-refractivity contribution in [2.24, 2.45) is 11.8 Å². The highest BCUT2D eigenvalue weighted by Crippen LogP contribution is 2.27. The van der Waals surface area contributed by atoms with E-state index >= 15 is 0 Å². The molecule has 0 saturated carbocycles. The molecular weight excluding hydrogens is 466 g/mol. The van der Waals surface area contributed by atoms with E-state index < -0.39 is 47.8 Å². The normalized spacial score (nSPS) is 34.3. The van der Waals surface area contributed by atoms with Gasteiger partial charge in [-0.2, -0.15) is 0 Å². The first-order valence-electron chi connectivity index (χ1n) is 11.9. The molecule has 0 radical (unpaired) electrons. The zero-order valence-electron chi connectivity index (χ0n) is 21.7. The largest absolute Gasteiger partial charge is 0.509 e. The van der Waals surface area contributed by atoms with E-state index in [4.69, 9.17) is 9.47 Å². The number of hydrogen-bond acceptors (Lipinski definition) is 8. The van der Waals surface area contributed by atoms with Crippen molar-refractivity contribution in [3.63, 3.8) is 0 Å². The lowest BCUT2D eigenvalue weighted by molar-refractivity contribution is -0.113. The van der Waals surface area contributed by atoms with Crippen LogP contribution in [-0.4, -0.2) is 70.1 Å². The number of allylic oxidation sites excluding steroid dienone is 1. The summed E-state index contributed by atoms with van der Waals surface area (Å²) in [6, 6.07) is 4.72. The van der Waals surface area contributed by atoms with Gasteiger partial charge in [-0.05, 0) is 55.9 Å². The van der Waals surface area contributed by atoms with Crippen LogP contribution in [0.2, 0.25) is 0 Å². The number of benzene rings is 1. The van der Waals surface area contributed by atoms with Gasteiger partial charge in [0, 0.05) is 38.0 Å². The fourth-order valence-electron chi connectivity index (χ4n) is 4.39. The number of anilines is 1. The number of rotatable bonds is 2. The summed E-state index contributed by atoms with van der Waals surface area (Å²) in [5.41, 5.74) is 1.47. The number of phenolic OH excluding ortho intramolecular Hbond substituents is 1. The Balaban J connectivity index is 2.57. The molecule has 0 saturated heterocycles. The van der Waals surface area contributed by atoms with Gasteiger partial charge in [0.15, 0.2) is 0 Å². The Morgan fingerprint density at radius 1 is 1.00 bits per heavy atom. The third-order valence-corrected chi connectivity index (χ3v) is 6.51. The van der Waals surface area contributed by atoms with Crippen LogP contribution in [-0.2, 0) is 20.7 Å². The van der Waals surface area contributed by atoms with Gasteiger partial charge in [0.1, 0.15) is 29.5 Å². The number of nitrogens with one attached hydrogen (secondary N) is 1. The van der Waals surface area contributed by atoms with E-state index in [1.54, 1.807) is 32.1 Å². The molecule has 1 aromatic carbocycles. The molecule has 1 aliphatic heterocycles. The topological polar surface area (TPSA) is 149 Å². The minimum absolute atomic E-state index is 0.0289. The number of carbonyl (C=O) groups excluding carboxylic acids is 1. The minimum Gasteiger partial charge on any atom is -0.509 e. The summed E-state index contributed by atoms with van der Waals surface area (Å²) in [5.74, 6) is -2.01. The van der Waals surface area contributed by atoms with Gasteiger partial charge in [-0.1, -0.05) is 19.9 Å². The van der Waals surface area contributed by atoms with Gasteiger partial charge in [0.25, 0.3) is 5.91 Å². The van der Waals surface area contributed by atoms with Crippen LogP contribution in [0.25, 0.3) is 0 Å². The van der Waals surface area contributed by atoms with Gasteiger partial charge < -0.3 is 40.3 Å². The maximum Gasteiger partial charge on any atom is 0.255 e. The maximum atomic E-state index is 12.7. The van der Waals surface area contributed by atoms with Crippen molar-refractivity contribution >= 4 is 11.6 Å². The van der Waals surface area contributed by atoms with E-state index in [9.17, 15) is 30.3 Å². The smallest absolute Gasteiger partial charge is 0.255 e. The Labute approximate surface area is 212 Å². The lowest BCUT2D eigenvalue weighted by Crippen LogP contribution is -2.36. The van der Waals surface area contributed by atoms with Gasteiger partial charge in [-0.3, -0.25) is 4.79 Å². The van der Waals surface area contributed by atoms with Crippen molar-refractivity contribution in [1.82, 2.24) is 0 Å². The zero-order valence-corrected chi connectivity index (χ0v) is 21.7. The molecule has 0 aromatic heterocycles. The van der Waals surface area contributed by atoms with Crippen LogP contribution >= 0.6 is 0 Å².